The molecule has 140 valence electrons. The van der Waals surface area contributed by atoms with Crippen LogP contribution < -0.4 is 4.90 Å². The summed E-state index contributed by atoms with van der Waals surface area (Å²) >= 11 is 1.46. The minimum Gasteiger partial charge on any atom is -0.507 e. The van der Waals surface area contributed by atoms with E-state index in [4.69, 9.17) is 0 Å². The number of anilines is 1. The summed E-state index contributed by atoms with van der Waals surface area (Å²) < 4.78 is 0. The van der Waals surface area contributed by atoms with E-state index in [9.17, 15) is 14.7 Å². The van der Waals surface area contributed by atoms with Gasteiger partial charge >= 0.3 is 0 Å². The van der Waals surface area contributed by atoms with Gasteiger partial charge in [0.2, 0.25) is 0 Å². The number of ketones is 1. The van der Waals surface area contributed by atoms with E-state index in [1.165, 1.54) is 16.2 Å². The van der Waals surface area contributed by atoms with Crippen LogP contribution in [0.25, 0.3) is 5.76 Å². The first-order valence-corrected chi connectivity index (χ1v) is 9.84. The predicted octanol–water partition coefficient (Wildman–Crippen LogP) is 4.99. The molecule has 1 aliphatic heterocycles. The molecule has 1 saturated heterocycles. The van der Waals surface area contributed by atoms with Gasteiger partial charge in [-0.25, -0.2) is 0 Å². The molecule has 0 bridgehead atoms. The molecule has 1 aromatic heterocycles. The minimum atomic E-state index is -0.666. The van der Waals surface area contributed by atoms with Crippen molar-refractivity contribution in [3.8, 4) is 0 Å². The van der Waals surface area contributed by atoms with Crippen LogP contribution in [-0.2, 0) is 9.59 Å². The highest BCUT2D eigenvalue weighted by atomic mass is 32.1. The zero-order chi connectivity index (χ0) is 19.8. The van der Waals surface area contributed by atoms with Crippen molar-refractivity contribution >= 4 is 34.5 Å². The molecule has 0 spiro atoms. The van der Waals surface area contributed by atoms with Gasteiger partial charge in [-0.15, -0.1) is 11.3 Å². The Morgan fingerprint density at radius 1 is 1.00 bits per heavy atom. The summed E-state index contributed by atoms with van der Waals surface area (Å²) in [5, 5.41) is 12.9. The smallest absolute Gasteiger partial charge is 0.300 e. The van der Waals surface area contributed by atoms with Crippen molar-refractivity contribution in [1.29, 1.82) is 0 Å². The van der Waals surface area contributed by atoms with Gasteiger partial charge in [0.05, 0.1) is 5.57 Å². The number of aryl methyl sites for hydroxylation is 2. The SMILES string of the molecule is Cc1ccc(C)c(N2C(=O)C(=O)/C(=C(\O)c3ccccc3)C2c2cccs2)c1. The monoisotopic (exact) mass is 389 g/mol. The Kier molecular flexibility index (Phi) is 4.61. The van der Waals surface area contributed by atoms with Gasteiger partial charge in [0, 0.05) is 16.1 Å². The van der Waals surface area contributed by atoms with Crippen molar-refractivity contribution in [2.75, 3.05) is 4.90 Å². The van der Waals surface area contributed by atoms with Crippen LogP contribution in [0.15, 0.2) is 71.6 Å². The molecule has 1 fully saturated rings. The van der Waals surface area contributed by atoms with Crippen LogP contribution in [0.2, 0.25) is 0 Å². The van der Waals surface area contributed by atoms with Crippen molar-refractivity contribution < 1.29 is 14.7 Å². The van der Waals surface area contributed by atoms with Crippen molar-refractivity contribution in [1.82, 2.24) is 0 Å². The van der Waals surface area contributed by atoms with Gasteiger partial charge in [-0.3, -0.25) is 14.5 Å². The number of nitrogens with zero attached hydrogens (tertiary/aromatic N) is 1. The standard InChI is InChI=1S/C23H19NO3S/c1-14-10-11-15(2)17(13-14)24-20(18-9-6-12-28-18)19(22(26)23(24)27)21(25)16-7-4-3-5-8-16/h3-13,20,25H,1-2H3/b21-19-. The average molecular weight is 389 g/mol. The number of thiophene rings is 1. The summed E-state index contributed by atoms with van der Waals surface area (Å²) in [6.45, 7) is 3.86. The van der Waals surface area contributed by atoms with Crippen LogP contribution in [0, 0.1) is 13.8 Å². The van der Waals surface area contributed by atoms with Crippen molar-refractivity contribution in [2.24, 2.45) is 0 Å². The van der Waals surface area contributed by atoms with Crippen molar-refractivity contribution in [2.45, 2.75) is 19.9 Å². The lowest BCUT2D eigenvalue weighted by molar-refractivity contribution is -0.132. The topological polar surface area (TPSA) is 57.6 Å². The molecule has 28 heavy (non-hydrogen) atoms. The Bertz CT molecular complexity index is 1080. The first kappa shape index (κ1) is 18.2. The maximum atomic E-state index is 13.1. The second kappa shape index (κ2) is 7.09. The predicted molar refractivity (Wildman–Crippen MR) is 111 cm³/mol. The first-order chi connectivity index (χ1) is 13.5. The van der Waals surface area contributed by atoms with Gasteiger partial charge in [-0.05, 0) is 42.5 Å². The Morgan fingerprint density at radius 3 is 2.43 bits per heavy atom. The van der Waals surface area contributed by atoms with Crippen LogP contribution in [0.4, 0.5) is 5.69 Å². The van der Waals surface area contributed by atoms with E-state index < -0.39 is 17.7 Å². The number of rotatable bonds is 3. The molecule has 0 aliphatic carbocycles. The molecule has 4 rings (SSSR count). The lowest BCUT2D eigenvalue weighted by Crippen LogP contribution is -2.29. The fourth-order valence-electron chi connectivity index (χ4n) is 3.53. The third-order valence-corrected chi connectivity index (χ3v) is 5.85. The van der Waals surface area contributed by atoms with Crippen LogP contribution in [-0.4, -0.2) is 16.8 Å². The van der Waals surface area contributed by atoms with Crippen LogP contribution in [0.5, 0.6) is 0 Å². The molecular weight excluding hydrogens is 370 g/mol. The highest BCUT2D eigenvalue weighted by molar-refractivity contribution is 7.10. The Hall–Kier alpha value is -3.18. The van der Waals surface area contributed by atoms with E-state index in [-0.39, 0.29) is 11.3 Å². The fourth-order valence-corrected chi connectivity index (χ4v) is 4.35. The summed E-state index contributed by atoms with van der Waals surface area (Å²) in [6.07, 6.45) is 0. The van der Waals surface area contributed by atoms with E-state index >= 15 is 0 Å². The molecule has 3 aromatic rings. The molecule has 1 amide bonds. The van der Waals surface area contributed by atoms with Crippen molar-refractivity contribution in [3.05, 3.63) is 93.2 Å². The summed E-state index contributed by atoms with van der Waals surface area (Å²) in [6, 6.07) is 17.8. The van der Waals surface area contributed by atoms with Gasteiger partial charge in [0.1, 0.15) is 11.8 Å². The second-order valence-electron chi connectivity index (χ2n) is 6.84. The summed E-state index contributed by atoms with van der Waals surface area (Å²) in [7, 11) is 0. The third kappa shape index (κ3) is 2.94. The molecule has 1 aliphatic rings. The Morgan fingerprint density at radius 2 is 1.75 bits per heavy atom. The molecule has 0 saturated carbocycles. The maximum Gasteiger partial charge on any atom is 0.300 e. The van der Waals surface area contributed by atoms with Gasteiger partial charge in [0.15, 0.2) is 0 Å². The molecule has 4 nitrogen and oxygen atoms in total. The lowest BCUT2D eigenvalue weighted by atomic mass is 9.99. The average Bonchev–Trinajstić information content (AvgIpc) is 3.31. The van der Waals surface area contributed by atoms with Gasteiger partial charge in [0.25, 0.3) is 11.7 Å². The van der Waals surface area contributed by atoms with E-state index in [0.29, 0.717) is 11.3 Å². The number of benzene rings is 2. The molecule has 0 radical (unpaired) electrons. The molecule has 1 unspecified atom stereocenters. The molecule has 1 N–H and O–H groups in total. The molecule has 2 heterocycles. The van der Waals surface area contributed by atoms with Crippen LogP contribution in [0.3, 0.4) is 0 Å². The zero-order valence-electron chi connectivity index (χ0n) is 15.5. The van der Waals surface area contributed by atoms with Crippen LogP contribution in [0.1, 0.15) is 27.6 Å². The number of aliphatic hydroxyl groups excluding tert-OH is 1. The zero-order valence-corrected chi connectivity index (χ0v) is 16.4. The van der Waals surface area contributed by atoms with E-state index in [2.05, 4.69) is 0 Å². The van der Waals surface area contributed by atoms with Crippen LogP contribution >= 0.6 is 11.3 Å². The normalized spacial score (nSPS) is 18.6. The molecular formula is C23H19NO3S. The van der Waals surface area contributed by atoms with Gasteiger partial charge < -0.3 is 5.11 Å². The minimum absolute atomic E-state index is 0.125. The highest BCUT2D eigenvalue weighted by Crippen LogP contribution is 2.44. The number of carbonyl (C=O) groups excluding carboxylic acids is 2. The van der Waals surface area contributed by atoms with E-state index in [1.807, 2.05) is 55.6 Å². The second-order valence-corrected chi connectivity index (χ2v) is 7.82. The fraction of sp³-hybridized carbons (Fsp3) is 0.130. The van der Waals surface area contributed by atoms with E-state index in [1.54, 1.807) is 24.3 Å². The van der Waals surface area contributed by atoms with E-state index in [0.717, 1.165) is 16.0 Å². The molecule has 5 heteroatoms. The highest BCUT2D eigenvalue weighted by Gasteiger charge is 2.47. The number of aliphatic hydroxyl groups is 1. The quantitative estimate of drug-likeness (QED) is 0.390. The molecule has 2 aromatic carbocycles. The third-order valence-electron chi connectivity index (χ3n) is 4.93. The van der Waals surface area contributed by atoms with Gasteiger partial charge in [-0.1, -0.05) is 48.5 Å². The lowest BCUT2D eigenvalue weighted by Gasteiger charge is -2.26. The van der Waals surface area contributed by atoms with Gasteiger partial charge in [-0.2, -0.15) is 0 Å². The number of carbonyl (C=O) groups is 2. The largest absolute Gasteiger partial charge is 0.507 e. The van der Waals surface area contributed by atoms with Crippen molar-refractivity contribution in [3.63, 3.8) is 0 Å². The number of hydrogen-bond acceptors (Lipinski definition) is 4. The summed E-state index contributed by atoms with van der Waals surface area (Å²) in [5.41, 5.74) is 3.22. The first-order valence-electron chi connectivity index (χ1n) is 8.96. The number of amides is 1. The number of Topliss-reactive ketones (excluding diaryl/α,β-unsaturated/α-hetero) is 1. The maximum absolute atomic E-state index is 13.1. The summed E-state index contributed by atoms with van der Waals surface area (Å²) in [5.74, 6) is -1.43. The number of hydrogen-bond donors (Lipinski definition) is 1. The summed E-state index contributed by atoms with van der Waals surface area (Å²) in [4.78, 5) is 28.4. The Labute approximate surface area is 167 Å². The molecule has 1 atom stereocenters. The Balaban J connectivity index is 1.97.